The largest absolute Gasteiger partial charge is 0.444 e. The molecule has 0 bridgehead atoms. The normalized spacial score (nSPS) is 11.0. The highest BCUT2D eigenvalue weighted by Crippen LogP contribution is 2.24. The van der Waals surface area contributed by atoms with E-state index < -0.39 is 11.7 Å². The molecule has 2 amide bonds. The Hall–Kier alpha value is -3.81. The van der Waals surface area contributed by atoms with E-state index in [9.17, 15) is 9.59 Å². The lowest BCUT2D eigenvalue weighted by Gasteiger charge is -2.20. The van der Waals surface area contributed by atoms with Crippen LogP contribution in [0.5, 0.6) is 0 Å². The number of nitrogens with one attached hydrogen (secondary N) is 3. The van der Waals surface area contributed by atoms with Crippen molar-refractivity contribution in [3.8, 4) is 0 Å². The van der Waals surface area contributed by atoms with E-state index in [0.717, 1.165) is 17.1 Å². The molecule has 0 radical (unpaired) electrons. The van der Waals surface area contributed by atoms with Gasteiger partial charge in [-0.05, 0) is 50.6 Å². The SMILES string of the molecule is CNC(=O)c1ccc(Nc2c(Cc3ccccc3)cnn2CCNC(=O)OC(C)(C)C)cc1. The van der Waals surface area contributed by atoms with Gasteiger partial charge in [0.05, 0.1) is 12.7 Å². The van der Waals surface area contributed by atoms with Crippen LogP contribution in [0.3, 0.4) is 0 Å². The minimum absolute atomic E-state index is 0.135. The van der Waals surface area contributed by atoms with Crippen LogP contribution in [-0.4, -0.2) is 41.0 Å². The van der Waals surface area contributed by atoms with Gasteiger partial charge in [0.25, 0.3) is 5.91 Å². The van der Waals surface area contributed by atoms with Gasteiger partial charge in [-0.15, -0.1) is 0 Å². The number of nitrogens with zero attached hydrogens (tertiary/aromatic N) is 2. The molecule has 0 saturated heterocycles. The molecule has 8 heteroatoms. The molecular formula is C25H31N5O3. The van der Waals surface area contributed by atoms with Crippen LogP contribution in [0.1, 0.15) is 42.3 Å². The number of anilines is 2. The molecular weight excluding hydrogens is 418 g/mol. The standard InChI is InChI=1S/C25H31N5O3/c1-25(2,3)33-24(32)27-14-15-30-22(20(17-28-30)16-18-8-6-5-7-9-18)29-21-12-10-19(11-13-21)23(31)26-4/h5-13,17,29H,14-16H2,1-4H3,(H,26,31)(H,27,32). The number of aromatic nitrogens is 2. The van der Waals surface area contributed by atoms with Crippen molar-refractivity contribution in [3.05, 3.63) is 77.5 Å². The first-order valence-corrected chi connectivity index (χ1v) is 10.9. The second-order valence-electron chi connectivity index (χ2n) is 8.61. The van der Waals surface area contributed by atoms with Crippen molar-refractivity contribution in [2.75, 3.05) is 18.9 Å². The predicted octanol–water partition coefficient (Wildman–Crippen LogP) is 4.10. The Bertz CT molecular complexity index is 1070. The van der Waals surface area contributed by atoms with E-state index in [1.165, 1.54) is 5.56 Å². The summed E-state index contributed by atoms with van der Waals surface area (Å²) in [5, 5.41) is 13.4. The highest BCUT2D eigenvalue weighted by Gasteiger charge is 2.17. The molecule has 0 atom stereocenters. The fraction of sp³-hybridized carbons (Fsp3) is 0.320. The number of rotatable bonds is 8. The maximum atomic E-state index is 12.0. The molecule has 1 aromatic heterocycles. The third-order valence-electron chi connectivity index (χ3n) is 4.78. The zero-order chi connectivity index (χ0) is 23.8. The Morgan fingerprint density at radius 3 is 2.36 bits per heavy atom. The summed E-state index contributed by atoms with van der Waals surface area (Å²) in [5.74, 6) is 0.696. The molecule has 0 aliphatic rings. The summed E-state index contributed by atoms with van der Waals surface area (Å²) >= 11 is 0. The number of alkyl carbamates (subject to hydrolysis) is 1. The molecule has 1 heterocycles. The van der Waals surface area contributed by atoms with Gasteiger partial charge in [-0.1, -0.05) is 30.3 Å². The highest BCUT2D eigenvalue weighted by atomic mass is 16.6. The van der Waals surface area contributed by atoms with E-state index in [2.05, 4.69) is 33.2 Å². The number of amides is 2. The average molecular weight is 450 g/mol. The smallest absolute Gasteiger partial charge is 0.407 e. The van der Waals surface area contributed by atoms with Crippen molar-refractivity contribution in [3.63, 3.8) is 0 Å². The fourth-order valence-corrected chi connectivity index (χ4v) is 3.25. The van der Waals surface area contributed by atoms with Gasteiger partial charge in [-0.2, -0.15) is 5.10 Å². The van der Waals surface area contributed by atoms with Crippen molar-refractivity contribution in [1.29, 1.82) is 0 Å². The quantitative estimate of drug-likeness (QED) is 0.481. The number of carbonyl (C=O) groups is 2. The molecule has 3 N–H and O–H groups in total. The first-order valence-electron chi connectivity index (χ1n) is 10.9. The summed E-state index contributed by atoms with van der Waals surface area (Å²) < 4.78 is 7.12. The van der Waals surface area contributed by atoms with E-state index >= 15 is 0 Å². The molecule has 0 unspecified atom stereocenters. The van der Waals surface area contributed by atoms with Gasteiger partial charge in [0.15, 0.2) is 0 Å². The summed E-state index contributed by atoms with van der Waals surface area (Å²) in [7, 11) is 1.61. The molecule has 0 aliphatic carbocycles. The summed E-state index contributed by atoms with van der Waals surface area (Å²) in [6, 6.07) is 17.4. The van der Waals surface area contributed by atoms with Crippen LogP contribution in [-0.2, 0) is 17.7 Å². The molecule has 2 aromatic carbocycles. The monoisotopic (exact) mass is 449 g/mol. The molecule has 8 nitrogen and oxygen atoms in total. The lowest BCUT2D eigenvalue weighted by atomic mass is 10.1. The van der Waals surface area contributed by atoms with E-state index in [4.69, 9.17) is 4.74 Å². The molecule has 0 fully saturated rings. The molecule has 0 aliphatic heterocycles. The second kappa shape index (κ2) is 10.7. The van der Waals surface area contributed by atoms with E-state index in [-0.39, 0.29) is 5.91 Å². The van der Waals surface area contributed by atoms with Crippen LogP contribution in [0.4, 0.5) is 16.3 Å². The summed E-state index contributed by atoms with van der Waals surface area (Å²) in [5.41, 5.74) is 3.06. The van der Waals surface area contributed by atoms with Crippen LogP contribution in [0.2, 0.25) is 0 Å². The molecule has 0 spiro atoms. The first kappa shape index (κ1) is 23.8. The molecule has 174 valence electrons. The zero-order valence-electron chi connectivity index (χ0n) is 19.5. The van der Waals surface area contributed by atoms with Crippen LogP contribution in [0, 0.1) is 0 Å². The molecule has 3 aromatic rings. The highest BCUT2D eigenvalue weighted by molar-refractivity contribution is 5.94. The molecule has 0 saturated carbocycles. The van der Waals surface area contributed by atoms with Gasteiger partial charge in [0.2, 0.25) is 0 Å². The zero-order valence-corrected chi connectivity index (χ0v) is 19.5. The maximum absolute atomic E-state index is 12.0. The summed E-state index contributed by atoms with van der Waals surface area (Å²) in [6.45, 7) is 6.31. The Kier molecular flexibility index (Phi) is 7.71. The number of benzene rings is 2. The fourth-order valence-electron chi connectivity index (χ4n) is 3.25. The Morgan fingerprint density at radius 2 is 1.73 bits per heavy atom. The van der Waals surface area contributed by atoms with Gasteiger partial charge in [0.1, 0.15) is 11.4 Å². The van der Waals surface area contributed by atoms with Crippen molar-refractivity contribution in [2.45, 2.75) is 39.3 Å². The maximum Gasteiger partial charge on any atom is 0.407 e. The van der Waals surface area contributed by atoms with Crippen LogP contribution in [0.15, 0.2) is 60.8 Å². The first-order chi connectivity index (χ1) is 15.7. The van der Waals surface area contributed by atoms with Gasteiger partial charge in [-0.25, -0.2) is 9.48 Å². The minimum atomic E-state index is -0.549. The summed E-state index contributed by atoms with van der Waals surface area (Å²) in [6.07, 6.45) is 2.08. The van der Waals surface area contributed by atoms with Gasteiger partial charge < -0.3 is 20.7 Å². The Balaban J connectivity index is 1.76. The Morgan fingerprint density at radius 1 is 1.03 bits per heavy atom. The third-order valence-corrected chi connectivity index (χ3v) is 4.78. The topological polar surface area (TPSA) is 97.3 Å². The third kappa shape index (κ3) is 7.10. The van der Waals surface area contributed by atoms with Crippen molar-refractivity contribution < 1.29 is 14.3 Å². The van der Waals surface area contributed by atoms with Gasteiger partial charge in [0, 0.05) is 36.8 Å². The number of ether oxygens (including phenoxy) is 1. The van der Waals surface area contributed by atoms with Crippen molar-refractivity contribution in [2.24, 2.45) is 0 Å². The van der Waals surface area contributed by atoms with E-state index in [1.807, 2.05) is 62.0 Å². The number of hydrogen-bond donors (Lipinski definition) is 3. The lowest BCUT2D eigenvalue weighted by Crippen LogP contribution is -2.34. The van der Waals surface area contributed by atoms with Gasteiger partial charge in [-0.3, -0.25) is 4.79 Å². The second-order valence-corrected chi connectivity index (χ2v) is 8.61. The lowest BCUT2D eigenvalue weighted by molar-refractivity contribution is 0.0525. The predicted molar refractivity (Wildman–Crippen MR) is 129 cm³/mol. The van der Waals surface area contributed by atoms with E-state index in [1.54, 1.807) is 19.2 Å². The van der Waals surface area contributed by atoms with Crippen molar-refractivity contribution >= 4 is 23.5 Å². The average Bonchev–Trinajstić information content (AvgIpc) is 3.14. The van der Waals surface area contributed by atoms with Crippen LogP contribution in [0.25, 0.3) is 0 Å². The summed E-state index contributed by atoms with van der Waals surface area (Å²) in [4.78, 5) is 23.8. The number of hydrogen-bond acceptors (Lipinski definition) is 5. The molecule has 33 heavy (non-hydrogen) atoms. The van der Waals surface area contributed by atoms with Crippen LogP contribution < -0.4 is 16.0 Å². The van der Waals surface area contributed by atoms with E-state index in [0.29, 0.717) is 25.1 Å². The van der Waals surface area contributed by atoms with Crippen molar-refractivity contribution in [1.82, 2.24) is 20.4 Å². The van der Waals surface area contributed by atoms with Crippen LogP contribution >= 0.6 is 0 Å². The number of carbonyl (C=O) groups excluding carboxylic acids is 2. The van der Waals surface area contributed by atoms with Gasteiger partial charge >= 0.3 is 6.09 Å². The minimum Gasteiger partial charge on any atom is -0.444 e. The Labute approximate surface area is 194 Å². The molecule has 3 rings (SSSR count).